The molecule has 1 aliphatic carbocycles. The fraction of sp³-hybridized carbons (Fsp3) is 0.344. The first-order chi connectivity index (χ1) is 20.6. The maximum atomic E-state index is 15.1. The number of hydrogen-bond acceptors (Lipinski definition) is 2. The summed E-state index contributed by atoms with van der Waals surface area (Å²) in [7, 11) is 0. The smallest absolute Gasteiger partial charge is 0.457 e. The Balaban J connectivity index is 1.52. The Morgan fingerprint density at radius 3 is 1.82 bits per heavy atom. The average Bonchev–Trinajstić information content (AvgIpc) is 2.92. The van der Waals surface area contributed by atoms with E-state index in [1.165, 1.54) is 24.3 Å². The number of hydrogen-bond donors (Lipinski definition) is 0. The molecule has 3 aromatic rings. The minimum absolute atomic E-state index is 0.0144. The lowest BCUT2D eigenvalue weighted by Crippen LogP contribution is -2.46. The van der Waals surface area contributed by atoms with Crippen LogP contribution in [0.5, 0.6) is 0 Å². The number of alkyl halides is 5. The normalized spacial score (nSPS) is 15.9. The molecule has 12 heteroatoms. The van der Waals surface area contributed by atoms with Gasteiger partial charge in [-0.3, -0.25) is 0 Å². The molecule has 0 N–H and O–H groups in total. The molecule has 44 heavy (non-hydrogen) atoms. The maximum Gasteiger partial charge on any atom is 0.465 e. The molecule has 0 spiro atoms. The molecule has 0 amide bonds. The summed E-state index contributed by atoms with van der Waals surface area (Å²) in [6.07, 6.45) is -5.90. The lowest BCUT2D eigenvalue weighted by atomic mass is 9.90. The van der Waals surface area contributed by atoms with Crippen molar-refractivity contribution in [2.75, 3.05) is 0 Å². The summed E-state index contributed by atoms with van der Waals surface area (Å²) in [6, 6.07) is 9.04. The Kier molecular flexibility index (Phi) is 9.80. The first-order valence-electron chi connectivity index (χ1n) is 13.7. The van der Waals surface area contributed by atoms with E-state index < -0.39 is 70.8 Å². The van der Waals surface area contributed by atoms with Crippen molar-refractivity contribution in [3.63, 3.8) is 0 Å². The topological polar surface area (TPSA) is 26.3 Å². The van der Waals surface area contributed by atoms with E-state index in [2.05, 4.69) is 4.74 Å². The summed E-state index contributed by atoms with van der Waals surface area (Å²) in [4.78, 5) is 11.3. The fourth-order valence-corrected chi connectivity index (χ4v) is 5.06. The number of benzene rings is 3. The van der Waals surface area contributed by atoms with Crippen molar-refractivity contribution in [2.24, 2.45) is 0 Å². The number of carbonyl (C=O) groups excluding carboxylic acids is 1. The number of unbranched alkanes of at least 4 members (excludes halogenated alkanes) is 2. The quantitative estimate of drug-likeness (QED) is 0.133. The number of aryl methyl sites for hydroxylation is 1. The number of allylic oxidation sites excluding steroid dienone is 1. The van der Waals surface area contributed by atoms with Crippen molar-refractivity contribution >= 4 is 11.5 Å². The minimum Gasteiger partial charge on any atom is -0.457 e. The van der Waals surface area contributed by atoms with E-state index in [4.69, 9.17) is 0 Å². The number of esters is 1. The number of carbonyl (C=O) groups is 1. The molecule has 0 fully saturated rings. The van der Waals surface area contributed by atoms with Gasteiger partial charge in [0.25, 0.3) is 0 Å². The van der Waals surface area contributed by atoms with E-state index in [9.17, 15) is 39.9 Å². The number of rotatable bonds is 9. The highest BCUT2D eigenvalue weighted by Gasteiger charge is 2.65. The van der Waals surface area contributed by atoms with Crippen molar-refractivity contribution in [1.82, 2.24) is 0 Å². The summed E-state index contributed by atoms with van der Waals surface area (Å²) >= 11 is 0. The summed E-state index contributed by atoms with van der Waals surface area (Å²) in [5.41, 5.74) is -0.695. The molecule has 1 unspecified atom stereocenters. The van der Waals surface area contributed by atoms with E-state index >= 15 is 8.78 Å². The zero-order valence-electron chi connectivity index (χ0n) is 23.2. The highest BCUT2D eigenvalue weighted by molar-refractivity contribution is 5.79. The summed E-state index contributed by atoms with van der Waals surface area (Å²) in [5.74, 6) is -13.6. The molecule has 0 aromatic heterocycles. The molecule has 3 aromatic carbocycles. The Morgan fingerprint density at radius 1 is 0.773 bits per heavy atom. The molecule has 236 valence electrons. The van der Waals surface area contributed by atoms with Crippen molar-refractivity contribution in [3.8, 4) is 22.3 Å². The first kappa shape index (κ1) is 33.1. The van der Waals surface area contributed by atoms with Crippen LogP contribution in [0, 0.1) is 23.3 Å². The molecule has 1 atom stereocenters. The van der Waals surface area contributed by atoms with E-state index in [1.807, 2.05) is 6.92 Å². The van der Waals surface area contributed by atoms with Crippen LogP contribution in [0.3, 0.4) is 0 Å². The van der Waals surface area contributed by atoms with Gasteiger partial charge >= 0.3 is 18.1 Å². The average molecular weight is 633 g/mol. The molecule has 1 aliphatic rings. The Hall–Kier alpha value is -3.83. The standard InChI is InChI=1S/C32H26F10O2/c1-2-3-4-5-17-12-24(34)29(25(35)13-17)20-14-26(36)28(27(37)15-20)19-8-6-18(7-9-19)22-11-10-21(16-23(22)33)44-30(43)31(38,39)32(40,41)42/h6-9,12-15,21H,2-5,10-11,16H2,1H3. The van der Waals surface area contributed by atoms with Crippen molar-refractivity contribution in [3.05, 3.63) is 88.8 Å². The van der Waals surface area contributed by atoms with Gasteiger partial charge < -0.3 is 4.74 Å². The fourth-order valence-electron chi connectivity index (χ4n) is 5.06. The second kappa shape index (κ2) is 13.0. The van der Waals surface area contributed by atoms with Gasteiger partial charge in [0, 0.05) is 6.42 Å². The van der Waals surface area contributed by atoms with Crippen LogP contribution in [0.15, 0.2) is 54.4 Å². The van der Waals surface area contributed by atoms with Crippen LogP contribution in [0.25, 0.3) is 27.8 Å². The third-order valence-electron chi connectivity index (χ3n) is 7.36. The van der Waals surface area contributed by atoms with Crippen LogP contribution in [-0.2, 0) is 16.0 Å². The van der Waals surface area contributed by atoms with Gasteiger partial charge in [0.15, 0.2) is 0 Å². The molecule has 0 heterocycles. The van der Waals surface area contributed by atoms with Gasteiger partial charge in [-0.15, -0.1) is 0 Å². The summed E-state index contributed by atoms with van der Waals surface area (Å²) in [6.45, 7) is 1.99. The van der Waals surface area contributed by atoms with E-state index in [1.54, 1.807) is 0 Å². The lowest BCUT2D eigenvalue weighted by Gasteiger charge is -2.26. The third kappa shape index (κ3) is 6.94. The molecule has 0 bridgehead atoms. The predicted molar refractivity (Wildman–Crippen MR) is 143 cm³/mol. The van der Waals surface area contributed by atoms with Crippen LogP contribution in [0.2, 0.25) is 0 Å². The summed E-state index contributed by atoms with van der Waals surface area (Å²) in [5, 5.41) is 0. The number of ether oxygens (including phenoxy) is 1. The van der Waals surface area contributed by atoms with Crippen LogP contribution in [-0.4, -0.2) is 24.2 Å². The SMILES string of the molecule is CCCCCc1cc(F)c(-c2cc(F)c(-c3ccc(C4=C(F)CC(OC(=O)C(F)(F)C(F)(F)F)CC4)cc3)c(F)c2)c(F)c1. The van der Waals surface area contributed by atoms with Crippen LogP contribution >= 0.6 is 0 Å². The largest absolute Gasteiger partial charge is 0.465 e. The summed E-state index contributed by atoms with van der Waals surface area (Å²) < 4.78 is 142. The zero-order valence-corrected chi connectivity index (χ0v) is 23.2. The lowest BCUT2D eigenvalue weighted by molar-refractivity contribution is -0.282. The molecular weight excluding hydrogens is 606 g/mol. The van der Waals surface area contributed by atoms with E-state index in [0.29, 0.717) is 12.0 Å². The highest BCUT2D eigenvalue weighted by Crippen LogP contribution is 2.40. The Morgan fingerprint density at radius 2 is 1.30 bits per heavy atom. The second-order valence-electron chi connectivity index (χ2n) is 10.5. The molecule has 0 saturated heterocycles. The predicted octanol–water partition coefficient (Wildman–Crippen LogP) is 10.3. The molecule has 0 saturated carbocycles. The van der Waals surface area contributed by atoms with E-state index in [0.717, 1.165) is 43.5 Å². The van der Waals surface area contributed by atoms with Gasteiger partial charge in [-0.1, -0.05) is 44.0 Å². The van der Waals surface area contributed by atoms with Gasteiger partial charge in [-0.05, 0) is 77.8 Å². The Bertz CT molecular complexity index is 1510. The number of halogens is 10. The molecule has 0 radical (unpaired) electrons. The van der Waals surface area contributed by atoms with Crippen molar-refractivity contribution < 1.29 is 53.4 Å². The maximum absolute atomic E-state index is 15.1. The molecule has 4 rings (SSSR count). The molecular formula is C32H26F10O2. The molecule has 0 aliphatic heterocycles. The highest BCUT2D eigenvalue weighted by atomic mass is 19.4. The monoisotopic (exact) mass is 632 g/mol. The Labute approximate surface area is 246 Å². The van der Waals surface area contributed by atoms with Gasteiger partial charge in [0.1, 0.15) is 35.2 Å². The first-order valence-corrected chi connectivity index (χ1v) is 13.7. The second-order valence-corrected chi connectivity index (χ2v) is 10.5. The van der Waals surface area contributed by atoms with Gasteiger partial charge in [0.05, 0.1) is 11.1 Å². The minimum atomic E-state index is -6.16. The van der Waals surface area contributed by atoms with Crippen LogP contribution < -0.4 is 0 Å². The van der Waals surface area contributed by atoms with Gasteiger partial charge in [0.2, 0.25) is 0 Å². The van der Waals surface area contributed by atoms with E-state index in [-0.39, 0.29) is 35.1 Å². The van der Waals surface area contributed by atoms with Crippen LogP contribution in [0.1, 0.15) is 56.6 Å². The van der Waals surface area contributed by atoms with Crippen molar-refractivity contribution in [2.45, 2.75) is 70.1 Å². The third-order valence-corrected chi connectivity index (χ3v) is 7.36. The van der Waals surface area contributed by atoms with Gasteiger partial charge in [-0.2, -0.15) is 22.0 Å². The molecule has 2 nitrogen and oxygen atoms in total. The van der Waals surface area contributed by atoms with Crippen LogP contribution in [0.4, 0.5) is 43.9 Å². The van der Waals surface area contributed by atoms with Gasteiger partial charge in [-0.25, -0.2) is 26.7 Å². The van der Waals surface area contributed by atoms with Crippen molar-refractivity contribution in [1.29, 1.82) is 0 Å². The zero-order chi connectivity index (χ0) is 32.4.